The quantitative estimate of drug-likeness (QED) is 0.421. The summed E-state index contributed by atoms with van der Waals surface area (Å²) in [6.07, 6.45) is 7.36. The second kappa shape index (κ2) is 9.94. The van der Waals surface area contributed by atoms with Gasteiger partial charge in [0.15, 0.2) is 0 Å². The predicted molar refractivity (Wildman–Crippen MR) is 140 cm³/mol. The van der Waals surface area contributed by atoms with Gasteiger partial charge >= 0.3 is 6.09 Å². The second-order valence-electron chi connectivity index (χ2n) is 10.8. The molecule has 36 heavy (non-hydrogen) atoms. The van der Waals surface area contributed by atoms with Crippen molar-refractivity contribution in [2.24, 2.45) is 0 Å². The summed E-state index contributed by atoms with van der Waals surface area (Å²) in [6, 6.07) is 8.77. The molecule has 4 heterocycles. The van der Waals surface area contributed by atoms with Crippen molar-refractivity contribution in [1.82, 2.24) is 14.9 Å². The van der Waals surface area contributed by atoms with Gasteiger partial charge in [-0.05, 0) is 81.2 Å². The highest BCUT2D eigenvalue weighted by Crippen LogP contribution is 2.41. The van der Waals surface area contributed by atoms with Crippen LogP contribution in [0.15, 0.2) is 36.7 Å². The minimum Gasteiger partial charge on any atom is -0.444 e. The van der Waals surface area contributed by atoms with Crippen LogP contribution in [0, 0.1) is 6.57 Å². The van der Waals surface area contributed by atoms with Crippen LogP contribution in [0.2, 0.25) is 0 Å². The smallest absolute Gasteiger partial charge is 0.410 e. The van der Waals surface area contributed by atoms with Crippen LogP contribution in [-0.4, -0.2) is 46.3 Å². The maximum Gasteiger partial charge on any atom is 0.410 e. The number of hydrogen-bond donors (Lipinski definition) is 1. The van der Waals surface area contributed by atoms with Crippen molar-refractivity contribution < 1.29 is 14.3 Å². The van der Waals surface area contributed by atoms with E-state index in [9.17, 15) is 4.79 Å². The van der Waals surface area contributed by atoms with Crippen LogP contribution < -0.4 is 0 Å². The van der Waals surface area contributed by atoms with Crippen LogP contribution in [0.5, 0.6) is 0 Å². The molecule has 188 valence electrons. The maximum absolute atomic E-state index is 13.1. The van der Waals surface area contributed by atoms with E-state index in [1.807, 2.05) is 38.1 Å². The number of ether oxygens (including phenoxy) is 2. The molecular weight excluding hydrogens is 452 g/mol. The number of carbonyl (C=O) groups is 1. The van der Waals surface area contributed by atoms with E-state index in [1.165, 1.54) is 11.1 Å². The molecule has 0 radical (unpaired) electrons. The number of benzene rings is 1. The maximum atomic E-state index is 13.1. The summed E-state index contributed by atoms with van der Waals surface area (Å²) < 4.78 is 11.4. The standard InChI is InChI=1S/C29H34N4O3/c1-29(2,3)36-28(34)33-11-5-6-26(33)25-14-20(7-8-23(25)19-9-12-35-13-10-19)21-15-24-22(16-30-4)18-32-27(24)31-17-21/h7-8,14-15,17-19,26H,5-6,9-13,16H2,1-3H3,(H,31,32)/t26-/m0/s1. The minimum absolute atomic E-state index is 0.0146. The lowest BCUT2D eigenvalue weighted by atomic mass is 9.84. The van der Waals surface area contributed by atoms with E-state index in [0.717, 1.165) is 66.6 Å². The van der Waals surface area contributed by atoms with Gasteiger partial charge in [-0.3, -0.25) is 0 Å². The number of H-pyrrole nitrogens is 1. The normalized spacial score (nSPS) is 18.9. The third-order valence-corrected chi connectivity index (χ3v) is 7.19. The molecule has 7 heteroatoms. The number of hydrogen-bond acceptors (Lipinski definition) is 4. The first-order valence-corrected chi connectivity index (χ1v) is 12.8. The van der Waals surface area contributed by atoms with Gasteiger partial charge in [0.2, 0.25) is 6.54 Å². The highest BCUT2D eigenvalue weighted by molar-refractivity contribution is 5.85. The van der Waals surface area contributed by atoms with Gasteiger partial charge in [-0.25, -0.2) is 16.4 Å². The number of fused-ring (bicyclic) bond motifs is 1. The number of nitrogens with one attached hydrogen (secondary N) is 1. The topological polar surface area (TPSA) is 71.8 Å². The van der Waals surface area contributed by atoms with Gasteiger partial charge in [0, 0.05) is 43.1 Å². The summed E-state index contributed by atoms with van der Waals surface area (Å²) >= 11 is 0. The molecule has 5 rings (SSSR count). The van der Waals surface area contributed by atoms with Crippen molar-refractivity contribution in [2.45, 2.75) is 70.6 Å². The Morgan fingerprint density at radius 1 is 1.19 bits per heavy atom. The average molecular weight is 487 g/mol. The number of likely N-dealkylation sites (tertiary alicyclic amines) is 1. The highest BCUT2D eigenvalue weighted by atomic mass is 16.6. The van der Waals surface area contributed by atoms with Crippen molar-refractivity contribution in [2.75, 3.05) is 19.8 Å². The Balaban J connectivity index is 1.56. The van der Waals surface area contributed by atoms with Gasteiger partial charge in [-0.15, -0.1) is 0 Å². The summed E-state index contributed by atoms with van der Waals surface area (Å²) in [5.41, 5.74) is 5.82. The van der Waals surface area contributed by atoms with Gasteiger partial charge in [0.1, 0.15) is 11.2 Å². The lowest BCUT2D eigenvalue weighted by molar-refractivity contribution is 0.0222. The molecule has 2 aromatic heterocycles. The SMILES string of the molecule is [C-]#[N+]Cc1c[nH]c2ncc(-c3ccc(C4CCOCC4)c([C@@H]4CCCN4C(=O)OC(C)(C)C)c3)cc12. The summed E-state index contributed by atoms with van der Waals surface area (Å²) in [4.78, 5) is 26.4. The first-order valence-electron chi connectivity index (χ1n) is 12.8. The molecule has 7 nitrogen and oxygen atoms in total. The summed E-state index contributed by atoms with van der Waals surface area (Å²) in [6.45, 7) is 15.6. The number of carbonyl (C=O) groups excluding carboxylic acids is 1. The zero-order chi connectivity index (χ0) is 25.3. The van der Waals surface area contributed by atoms with Crippen molar-refractivity contribution in [1.29, 1.82) is 0 Å². The molecule has 2 fully saturated rings. The minimum atomic E-state index is -0.531. The number of aromatic nitrogens is 2. The molecule has 0 unspecified atom stereocenters. The van der Waals surface area contributed by atoms with Gasteiger partial charge in [0.05, 0.1) is 11.6 Å². The van der Waals surface area contributed by atoms with Crippen molar-refractivity contribution in [3.05, 3.63) is 64.8 Å². The van der Waals surface area contributed by atoms with Gasteiger partial charge < -0.3 is 24.2 Å². The molecule has 0 bridgehead atoms. The van der Waals surface area contributed by atoms with E-state index in [0.29, 0.717) is 19.0 Å². The molecule has 1 atom stereocenters. The summed E-state index contributed by atoms with van der Waals surface area (Å²) in [5.74, 6) is 0.416. The van der Waals surface area contributed by atoms with E-state index in [2.05, 4.69) is 39.1 Å². The molecule has 1 amide bonds. The lowest BCUT2D eigenvalue weighted by Crippen LogP contribution is -2.36. The first kappa shape index (κ1) is 24.3. The fraction of sp³-hybridized carbons (Fsp3) is 0.483. The third kappa shape index (κ3) is 4.96. The molecule has 3 aromatic rings. The Kier molecular flexibility index (Phi) is 6.72. The molecule has 0 aliphatic carbocycles. The number of pyridine rings is 1. The van der Waals surface area contributed by atoms with Crippen molar-refractivity contribution in [3.63, 3.8) is 0 Å². The summed E-state index contributed by atoms with van der Waals surface area (Å²) in [5, 5.41) is 0.981. The van der Waals surface area contributed by atoms with Crippen LogP contribution >= 0.6 is 0 Å². The predicted octanol–water partition coefficient (Wildman–Crippen LogP) is 6.62. The number of aromatic amines is 1. The second-order valence-corrected chi connectivity index (χ2v) is 10.8. The molecule has 2 saturated heterocycles. The van der Waals surface area contributed by atoms with E-state index >= 15 is 0 Å². The van der Waals surface area contributed by atoms with E-state index < -0.39 is 5.60 Å². The van der Waals surface area contributed by atoms with Crippen LogP contribution in [-0.2, 0) is 16.0 Å². The molecule has 1 aromatic carbocycles. The van der Waals surface area contributed by atoms with Crippen LogP contribution in [0.25, 0.3) is 27.0 Å². The molecule has 2 aliphatic rings. The van der Waals surface area contributed by atoms with Crippen molar-refractivity contribution in [3.8, 4) is 11.1 Å². The largest absolute Gasteiger partial charge is 0.444 e. The average Bonchev–Trinajstić information content (AvgIpc) is 3.51. The van der Waals surface area contributed by atoms with Gasteiger partial charge in [-0.2, -0.15) is 0 Å². The fourth-order valence-corrected chi connectivity index (χ4v) is 5.48. The molecular formula is C29H34N4O3. The van der Waals surface area contributed by atoms with E-state index in [1.54, 1.807) is 0 Å². The fourth-order valence-electron chi connectivity index (χ4n) is 5.48. The zero-order valence-electron chi connectivity index (χ0n) is 21.3. The lowest BCUT2D eigenvalue weighted by Gasteiger charge is -2.32. The highest BCUT2D eigenvalue weighted by Gasteiger charge is 2.35. The number of rotatable bonds is 4. The van der Waals surface area contributed by atoms with Crippen LogP contribution in [0.4, 0.5) is 4.79 Å². The Morgan fingerprint density at radius 2 is 2.00 bits per heavy atom. The molecule has 0 spiro atoms. The Morgan fingerprint density at radius 3 is 2.75 bits per heavy atom. The molecule has 2 aliphatic heterocycles. The third-order valence-electron chi connectivity index (χ3n) is 7.19. The first-order chi connectivity index (χ1) is 17.3. The number of amides is 1. The van der Waals surface area contributed by atoms with E-state index in [-0.39, 0.29) is 12.1 Å². The van der Waals surface area contributed by atoms with Gasteiger partial charge in [0.25, 0.3) is 0 Å². The zero-order valence-corrected chi connectivity index (χ0v) is 21.3. The van der Waals surface area contributed by atoms with E-state index in [4.69, 9.17) is 16.0 Å². The summed E-state index contributed by atoms with van der Waals surface area (Å²) in [7, 11) is 0. The Hall–Kier alpha value is -3.37. The Bertz CT molecular complexity index is 1290. The van der Waals surface area contributed by atoms with Crippen molar-refractivity contribution >= 4 is 17.1 Å². The monoisotopic (exact) mass is 486 g/mol. The molecule has 0 saturated carbocycles. The molecule has 1 N–H and O–H groups in total. The number of nitrogens with zero attached hydrogens (tertiary/aromatic N) is 3. The van der Waals surface area contributed by atoms with Crippen LogP contribution in [0.3, 0.4) is 0 Å². The van der Waals surface area contributed by atoms with Crippen LogP contribution in [0.1, 0.15) is 75.1 Å². The Labute approximate surface area is 212 Å². The van der Waals surface area contributed by atoms with Gasteiger partial charge in [-0.1, -0.05) is 12.1 Å².